The van der Waals surface area contributed by atoms with Crippen LogP contribution in [-0.2, 0) is 21.2 Å². The number of carbonyl (C=O) groups excluding carboxylic acids is 2. The van der Waals surface area contributed by atoms with Crippen LogP contribution in [0.1, 0.15) is 37.4 Å². The minimum atomic E-state index is -3.83. The van der Waals surface area contributed by atoms with Crippen LogP contribution in [0, 0.1) is 23.7 Å². The third-order valence-electron chi connectivity index (χ3n) is 6.21. The Balaban J connectivity index is 1.57. The van der Waals surface area contributed by atoms with Gasteiger partial charge in [-0.2, -0.15) is 0 Å². The summed E-state index contributed by atoms with van der Waals surface area (Å²) in [4.78, 5) is 28.2. The molecule has 2 aliphatic heterocycles. The topological polar surface area (TPSA) is 132 Å². The van der Waals surface area contributed by atoms with Crippen molar-refractivity contribution in [1.29, 1.82) is 0 Å². The van der Waals surface area contributed by atoms with E-state index in [9.17, 15) is 23.1 Å². The van der Waals surface area contributed by atoms with Crippen molar-refractivity contribution in [3.8, 4) is 23.7 Å². The van der Waals surface area contributed by atoms with Gasteiger partial charge >= 0.3 is 6.03 Å². The number of nitrogens with zero attached hydrogens (tertiary/aromatic N) is 3. The third-order valence-corrected chi connectivity index (χ3v) is 8.23. The molecule has 0 aromatic carbocycles. The quantitative estimate of drug-likeness (QED) is 0.294. The molecule has 0 bridgehead atoms. The SMILES string of the molecule is C[C@@](CCN1Cc2cc(C#CC#CCN3CCC(O)CC3)cn2C1=O)(C(=O)NO)S(C)(=O)=O. The molecule has 1 fully saturated rings. The molecule has 1 saturated heterocycles. The van der Waals surface area contributed by atoms with Gasteiger partial charge in [-0.1, -0.05) is 11.8 Å². The summed E-state index contributed by atoms with van der Waals surface area (Å²) in [6.45, 7) is 3.75. The first-order chi connectivity index (χ1) is 15.5. The normalized spacial score (nSPS) is 18.5. The van der Waals surface area contributed by atoms with Crippen molar-refractivity contribution in [2.24, 2.45) is 0 Å². The Kier molecular flexibility index (Phi) is 7.50. The minimum Gasteiger partial charge on any atom is -0.393 e. The summed E-state index contributed by atoms with van der Waals surface area (Å²) in [5.74, 6) is 10.5. The maximum atomic E-state index is 12.7. The lowest BCUT2D eigenvalue weighted by atomic mass is 10.1. The van der Waals surface area contributed by atoms with Crippen LogP contribution in [0.5, 0.6) is 0 Å². The maximum absolute atomic E-state index is 12.7. The van der Waals surface area contributed by atoms with E-state index in [1.807, 2.05) is 0 Å². The van der Waals surface area contributed by atoms with Crippen molar-refractivity contribution in [1.82, 2.24) is 19.8 Å². The molecule has 1 aromatic rings. The molecule has 0 radical (unpaired) electrons. The van der Waals surface area contributed by atoms with E-state index < -0.39 is 20.5 Å². The van der Waals surface area contributed by atoms with Crippen molar-refractivity contribution < 1.29 is 28.3 Å². The second kappa shape index (κ2) is 9.98. The fourth-order valence-corrected chi connectivity index (χ4v) is 4.62. The van der Waals surface area contributed by atoms with Gasteiger partial charge in [-0.05, 0) is 44.1 Å². The first kappa shape index (κ1) is 24.8. The van der Waals surface area contributed by atoms with Crippen molar-refractivity contribution in [2.45, 2.75) is 43.6 Å². The predicted molar refractivity (Wildman–Crippen MR) is 120 cm³/mol. The number of sulfone groups is 1. The third kappa shape index (κ3) is 5.57. The van der Waals surface area contributed by atoms with Crippen LogP contribution < -0.4 is 5.48 Å². The largest absolute Gasteiger partial charge is 0.393 e. The standard InChI is InChI=1S/C22H28N4O6S/c1-22(20(28)23-30,33(2,31)32)9-13-25-16-18-14-17(15-26(18)21(25)29)6-4-3-5-10-24-11-7-19(27)8-12-24/h14-15,19,27,30H,7-13,16H2,1-2H3,(H,23,28)/t22-/m1/s1. The summed E-state index contributed by atoms with van der Waals surface area (Å²) in [5, 5.41) is 18.4. The van der Waals surface area contributed by atoms with Crippen molar-refractivity contribution in [3.05, 3.63) is 23.5 Å². The Hall–Kier alpha value is -2.83. The number of hydroxylamine groups is 1. The number of likely N-dealkylation sites (tertiary alicyclic amines) is 1. The van der Waals surface area contributed by atoms with E-state index in [0.29, 0.717) is 17.8 Å². The molecule has 2 aliphatic rings. The van der Waals surface area contributed by atoms with Crippen LogP contribution in [-0.4, -0.2) is 88.3 Å². The molecule has 3 N–H and O–H groups in total. The van der Waals surface area contributed by atoms with Crippen molar-refractivity contribution in [3.63, 3.8) is 0 Å². The number of hydrogen-bond donors (Lipinski definition) is 3. The number of amides is 2. The van der Waals surface area contributed by atoms with Crippen molar-refractivity contribution >= 4 is 21.8 Å². The Morgan fingerprint density at radius 3 is 2.61 bits per heavy atom. The number of aliphatic hydroxyl groups is 1. The highest BCUT2D eigenvalue weighted by atomic mass is 32.2. The molecular weight excluding hydrogens is 448 g/mol. The number of carbonyl (C=O) groups is 2. The Morgan fingerprint density at radius 2 is 2.00 bits per heavy atom. The van der Waals surface area contributed by atoms with Gasteiger partial charge in [-0.15, -0.1) is 0 Å². The molecule has 2 amide bonds. The molecule has 3 rings (SSSR count). The van der Waals surface area contributed by atoms with Gasteiger partial charge in [-0.3, -0.25) is 19.5 Å². The number of fused-ring (bicyclic) bond motifs is 1. The Bertz CT molecular complexity index is 1140. The van der Waals surface area contributed by atoms with Gasteiger partial charge in [0, 0.05) is 43.3 Å². The van der Waals surface area contributed by atoms with Crippen LogP contribution in [0.15, 0.2) is 12.3 Å². The number of aliphatic hydroxyl groups excluding tert-OH is 1. The van der Waals surface area contributed by atoms with Crippen LogP contribution in [0.25, 0.3) is 0 Å². The van der Waals surface area contributed by atoms with E-state index in [2.05, 4.69) is 28.6 Å². The second-order valence-electron chi connectivity index (χ2n) is 8.55. The molecule has 3 heterocycles. The zero-order valence-electron chi connectivity index (χ0n) is 18.7. The van der Waals surface area contributed by atoms with Crippen LogP contribution in [0.2, 0.25) is 0 Å². The Labute approximate surface area is 193 Å². The van der Waals surface area contributed by atoms with Crippen LogP contribution >= 0.6 is 0 Å². The van der Waals surface area contributed by atoms with Gasteiger partial charge in [0.25, 0.3) is 5.91 Å². The lowest BCUT2D eigenvalue weighted by Gasteiger charge is -2.27. The highest BCUT2D eigenvalue weighted by molar-refractivity contribution is 7.92. The average molecular weight is 477 g/mol. The van der Waals surface area contributed by atoms with Gasteiger partial charge in [-0.25, -0.2) is 18.7 Å². The molecule has 0 aliphatic carbocycles. The number of piperidine rings is 1. The van der Waals surface area contributed by atoms with E-state index in [1.54, 1.807) is 12.3 Å². The molecule has 0 spiro atoms. The lowest BCUT2D eigenvalue weighted by Crippen LogP contribution is -2.50. The Morgan fingerprint density at radius 1 is 1.30 bits per heavy atom. The molecule has 0 saturated carbocycles. The van der Waals surface area contributed by atoms with E-state index in [1.165, 1.54) is 21.9 Å². The summed E-state index contributed by atoms with van der Waals surface area (Å²) < 4.78 is 23.8. The molecular formula is C22H28N4O6S. The van der Waals surface area contributed by atoms with E-state index in [0.717, 1.165) is 32.2 Å². The maximum Gasteiger partial charge on any atom is 0.328 e. The summed E-state index contributed by atoms with van der Waals surface area (Å²) in [7, 11) is -3.83. The first-order valence-corrected chi connectivity index (χ1v) is 12.5. The molecule has 33 heavy (non-hydrogen) atoms. The highest BCUT2D eigenvalue weighted by Crippen LogP contribution is 2.25. The second-order valence-corrected chi connectivity index (χ2v) is 11.0. The van der Waals surface area contributed by atoms with Gasteiger partial charge in [0.15, 0.2) is 14.6 Å². The van der Waals surface area contributed by atoms with Gasteiger partial charge < -0.3 is 10.0 Å². The minimum absolute atomic E-state index is 0.0253. The van der Waals surface area contributed by atoms with E-state index in [4.69, 9.17) is 5.21 Å². The van der Waals surface area contributed by atoms with Gasteiger partial charge in [0.05, 0.1) is 19.2 Å². The number of aromatic nitrogens is 1. The molecule has 11 heteroatoms. The van der Waals surface area contributed by atoms with E-state index in [-0.39, 0.29) is 31.6 Å². The van der Waals surface area contributed by atoms with Crippen LogP contribution in [0.3, 0.4) is 0 Å². The fourth-order valence-electron chi connectivity index (χ4n) is 3.78. The average Bonchev–Trinajstić information content (AvgIpc) is 3.30. The van der Waals surface area contributed by atoms with E-state index >= 15 is 0 Å². The smallest absolute Gasteiger partial charge is 0.328 e. The summed E-state index contributed by atoms with van der Waals surface area (Å²) >= 11 is 0. The van der Waals surface area contributed by atoms with Crippen molar-refractivity contribution in [2.75, 3.05) is 32.4 Å². The fraction of sp³-hybridized carbons (Fsp3) is 0.545. The number of hydrogen-bond acceptors (Lipinski definition) is 7. The van der Waals surface area contributed by atoms with Gasteiger partial charge in [0.2, 0.25) is 0 Å². The molecule has 0 unspecified atom stereocenters. The summed E-state index contributed by atoms with van der Waals surface area (Å²) in [5.41, 5.74) is 2.75. The van der Waals surface area contributed by atoms with Crippen LogP contribution in [0.4, 0.5) is 4.79 Å². The highest BCUT2D eigenvalue weighted by Gasteiger charge is 2.44. The monoisotopic (exact) mass is 476 g/mol. The molecule has 1 aromatic heterocycles. The molecule has 1 atom stereocenters. The lowest BCUT2D eigenvalue weighted by molar-refractivity contribution is -0.131. The number of rotatable bonds is 6. The number of nitrogens with one attached hydrogen (secondary N) is 1. The summed E-state index contributed by atoms with van der Waals surface area (Å²) in [6.07, 6.45) is 3.67. The molecule has 178 valence electrons. The zero-order valence-corrected chi connectivity index (χ0v) is 19.5. The predicted octanol–water partition coefficient (Wildman–Crippen LogP) is -0.218. The molecule has 10 nitrogen and oxygen atoms in total. The summed E-state index contributed by atoms with van der Waals surface area (Å²) in [6, 6.07) is 1.44. The van der Waals surface area contributed by atoms with Gasteiger partial charge in [0.1, 0.15) is 0 Å². The first-order valence-electron chi connectivity index (χ1n) is 10.6. The zero-order chi connectivity index (χ0) is 24.2.